The van der Waals surface area contributed by atoms with Crippen LogP contribution in [-0.4, -0.2) is 22.0 Å². The molecule has 1 aromatic heterocycles. The van der Waals surface area contributed by atoms with Gasteiger partial charge in [0.2, 0.25) is 16.9 Å². The zero-order valence-electron chi connectivity index (χ0n) is 12.1. The molecule has 0 aliphatic rings. The molecule has 2 aromatic rings. The zero-order chi connectivity index (χ0) is 16.1. The second-order valence-corrected chi connectivity index (χ2v) is 6.30. The number of rotatable bonds is 5. The van der Waals surface area contributed by atoms with Gasteiger partial charge in [-0.05, 0) is 24.6 Å². The summed E-state index contributed by atoms with van der Waals surface area (Å²) in [5, 5.41) is 14.9. The third kappa shape index (κ3) is 4.78. The number of hydrogen-bond acceptors (Lipinski definition) is 5. The van der Waals surface area contributed by atoms with E-state index in [2.05, 4.69) is 20.8 Å². The number of amides is 2. The van der Waals surface area contributed by atoms with E-state index in [0.29, 0.717) is 10.2 Å². The van der Waals surface area contributed by atoms with E-state index in [4.69, 9.17) is 11.6 Å². The summed E-state index contributed by atoms with van der Waals surface area (Å²) in [5.41, 5.74) is 0.809. The van der Waals surface area contributed by atoms with Crippen molar-refractivity contribution in [2.45, 2.75) is 26.3 Å². The minimum atomic E-state index is -0.427. The monoisotopic (exact) mass is 338 g/mol. The van der Waals surface area contributed by atoms with E-state index in [1.165, 1.54) is 18.3 Å². The summed E-state index contributed by atoms with van der Waals surface area (Å²) in [5.74, 6) is -0.454. The standard InChI is InChI=1S/C14H15ClN4O2S/c1-8(20)16-12(10-3-5-11(15)6-4-10)7-13(21)17-14-19-18-9(2)22-14/h3-6,12H,7H2,1-2H3,(H,16,20)(H,17,19,21)/t12-/m1/s1. The molecule has 1 atom stereocenters. The first-order valence-corrected chi connectivity index (χ1v) is 7.76. The highest BCUT2D eigenvalue weighted by molar-refractivity contribution is 7.15. The van der Waals surface area contributed by atoms with Gasteiger partial charge in [-0.3, -0.25) is 9.59 Å². The molecule has 22 heavy (non-hydrogen) atoms. The van der Waals surface area contributed by atoms with Crippen molar-refractivity contribution in [2.75, 3.05) is 5.32 Å². The van der Waals surface area contributed by atoms with E-state index in [1.54, 1.807) is 31.2 Å². The van der Waals surface area contributed by atoms with Crippen LogP contribution in [0.4, 0.5) is 5.13 Å². The van der Waals surface area contributed by atoms with E-state index in [1.807, 2.05) is 0 Å². The molecule has 0 saturated carbocycles. The largest absolute Gasteiger partial charge is 0.349 e. The fourth-order valence-electron chi connectivity index (χ4n) is 1.90. The van der Waals surface area contributed by atoms with E-state index >= 15 is 0 Å². The van der Waals surface area contributed by atoms with Crippen LogP contribution in [-0.2, 0) is 9.59 Å². The van der Waals surface area contributed by atoms with Crippen LogP contribution in [0.3, 0.4) is 0 Å². The maximum atomic E-state index is 12.1. The number of aromatic nitrogens is 2. The summed E-state index contributed by atoms with van der Waals surface area (Å²) in [7, 11) is 0. The molecule has 2 N–H and O–H groups in total. The molecule has 0 radical (unpaired) electrons. The van der Waals surface area contributed by atoms with E-state index in [9.17, 15) is 9.59 Å². The number of hydrogen-bond donors (Lipinski definition) is 2. The van der Waals surface area contributed by atoms with E-state index in [0.717, 1.165) is 10.6 Å². The molecule has 8 heteroatoms. The molecule has 0 aliphatic carbocycles. The number of carbonyl (C=O) groups excluding carboxylic acids is 2. The lowest BCUT2D eigenvalue weighted by molar-refractivity contribution is -0.120. The Morgan fingerprint density at radius 3 is 2.50 bits per heavy atom. The topological polar surface area (TPSA) is 84.0 Å². The maximum Gasteiger partial charge on any atom is 0.228 e. The second kappa shape index (κ2) is 7.33. The summed E-state index contributed by atoms with van der Waals surface area (Å²) < 4.78 is 0. The van der Waals surface area contributed by atoms with Gasteiger partial charge in [0.05, 0.1) is 12.5 Å². The summed E-state index contributed by atoms with van der Waals surface area (Å²) in [6.07, 6.45) is 0.0971. The van der Waals surface area contributed by atoms with Gasteiger partial charge in [0.1, 0.15) is 5.01 Å². The Kier molecular flexibility index (Phi) is 5.46. The first-order valence-electron chi connectivity index (χ1n) is 6.56. The predicted octanol–water partition coefficient (Wildman–Crippen LogP) is 2.71. The van der Waals surface area contributed by atoms with Crippen LogP contribution >= 0.6 is 22.9 Å². The quantitative estimate of drug-likeness (QED) is 0.878. The second-order valence-electron chi connectivity index (χ2n) is 4.68. The Bertz CT molecular complexity index is 672. The van der Waals surface area contributed by atoms with Gasteiger partial charge in [-0.15, -0.1) is 10.2 Å². The Labute approximate surface area is 136 Å². The Balaban J connectivity index is 2.07. The summed E-state index contributed by atoms with van der Waals surface area (Å²) in [6.45, 7) is 3.22. The maximum absolute atomic E-state index is 12.1. The van der Waals surface area contributed by atoms with Gasteiger partial charge in [-0.1, -0.05) is 35.1 Å². The number of benzene rings is 1. The van der Waals surface area contributed by atoms with Crippen molar-refractivity contribution in [3.05, 3.63) is 39.9 Å². The highest BCUT2D eigenvalue weighted by Crippen LogP contribution is 2.21. The lowest BCUT2D eigenvalue weighted by atomic mass is 10.0. The smallest absolute Gasteiger partial charge is 0.228 e. The number of nitrogens with zero attached hydrogens (tertiary/aromatic N) is 2. The normalized spacial score (nSPS) is 11.8. The van der Waals surface area contributed by atoms with Gasteiger partial charge in [0.15, 0.2) is 0 Å². The minimum absolute atomic E-state index is 0.0971. The lowest BCUT2D eigenvalue weighted by Crippen LogP contribution is -2.29. The molecular formula is C14H15ClN4O2S. The molecule has 0 aliphatic heterocycles. The SMILES string of the molecule is CC(=O)N[C@H](CC(=O)Nc1nnc(C)s1)c1ccc(Cl)cc1. The third-order valence-corrected chi connectivity index (χ3v) is 3.82. The van der Waals surface area contributed by atoms with Gasteiger partial charge in [0.25, 0.3) is 0 Å². The van der Waals surface area contributed by atoms with Gasteiger partial charge >= 0.3 is 0 Å². The van der Waals surface area contributed by atoms with Gasteiger partial charge in [0, 0.05) is 11.9 Å². The average Bonchev–Trinajstić information content (AvgIpc) is 2.83. The molecule has 2 rings (SSSR count). The first kappa shape index (κ1) is 16.4. The summed E-state index contributed by atoms with van der Waals surface area (Å²) in [6, 6.07) is 6.58. The molecule has 6 nitrogen and oxygen atoms in total. The zero-order valence-corrected chi connectivity index (χ0v) is 13.7. The van der Waals surface area contributed by atoms with Crippen LogP contribution in [0, 0.1) is 6.92 Å². The summed E-state index contributed by atoms with van der Waals surface area (Å²) in [4.78, 5) is 23.5. The number of anilines is 1. The molecule has 1 heterocycles. The fraction of sp³-hybridized carbons (Fsp3) is 0.286. The Morgan fingerprint density at radius 2 is 1.95 bits per heavy atom. The number of nitrogens with one attached hydrogen (secondary N) is 2. The van der Waals surface area contributed by atoms with Crippen LogP contribution in [0.25, 0.3) is 0 Å². The molecule has 0 spiro atoms. The molecule has 0 unspecified atom stereocenters. The molecule has 0 fully saturated rings. The molecule has 1 aromatic carbocycles. The van der Waals surface area contributed by atoms with Gasteiger partial charge in [-0.2, -0.15) is 0 Å². The highest BCUT2D eigenvalue weighted by Gasteiger charge is 2.18. The average molecular weight is 339 g/mol. The predicted molar refractivity (Wildman–Crippen MR) is 85.9 cm³/mol. The van der Waals surface area contributed by atoms with Crippen LogP contribution < -0.4 is 10.6 Å². The van der Waals surface area contributed by atoms with Crippen molar-refractivity contribution in [2.24, 2.45) is 0 Å². The Morgan fingerprint density at radius 1 is 1.27 bits per heavy atom. The number of carbonyl (C=O) groups is 2. The van der Waals surface area contributed by atoms with Crippen LogP contribution in [0.1, 0.15) is 30.0 Å². The summed E-state index contributed by atoms with van der Waals surface area (Å²) >= 11 is 7.15. The molecule has 2 amide bonds. The molecule has 0 bridgehead atoms. The van der Waals surface area contributed by atoms with E-state index in [-0.39, 0.29) is 18.2 Å². The first-order chi connectivity index (χ1) is 10.4. The molecular weight excluding hydrogens is 324 g/mol. The number of aryl methyl sites for hydroxylation is 1. The highest BCUT2D eigenvalue weighted by atomic mass is 35.5. The van der Waals surface area contributed by atoms with Crippen LogP contribution in [0.15, 0.2) is 24.3 Å². The fourth-order valence-corrected chi connectivity index (χ4v) is 2.63. The minimum Gasteiger partial charge on any atom is -0.349 e. The van der Waals surface area contributed by atoms with Crippen molar-refractivity contribution in [3.8, 4) is 0 Å². The van der Waals surface area contributed by atoms with Crippen molar-refractivity contribution < 1.29 is 9.59 Å². The van der Waals surface area contributed by atoms with Gasteiger partial charge in [-0.25, -0.2) is 0 Å². The van der Waals surface area contributed by atoms with Gasteiger partial charge < -0.3 is 10.6 Å². The van der Waals surface area contributed by atoms with Crippen molar-refractivity contribution >= 4 is 39.9 Å². The van der Waals surface area contributed by atoms with Crippen LogP contribution in [0.2, 0.25) is 5.02 Å². The van der Waals surface area contributed by atoms with Crippen molar-refractivity contribution in [3.63, 3.8) is 0 Å². The van der Waals surface area contributed by atoms with Crippen molar-refractivity contribution in [1.82, 2.24) is 15.5 Å². The number of halogens is 1. The molecule has 116 valence electrons. The molecule has 0 saturated heterocycles. The lowest BCUT2D eigenvalue weighted by Gasteiger charge is -2.17. The van der Waals surface area contributed by atoms with Crippen LogP contribution in [0.5, 0.6) is 0 Å². The Hall–Kier alpha value is -1.99. The van der Waals surface area contributed by atoms with E-state index < -0.39 is 6.04 Å². The third-order valence-electron chi connectivity index (χ3n) is 2.81. The van der Waals surface area contributed by atoms with Crippen molar-refractivity contribution in [1.29, 1.82) is 0 Å².